The van der Waals surface area contributed by atoms with E-state index in [1.54, 1.807) is 18.3 Å². The number of benzene rings is 1. The molecular formula is C23H25ClN2O4S. The molecule has 2 heterocycles. The van der Waals surface area contributed by atoms with Gasteiger partial charge in [-0.1, -0.05) is 17.7 Å². The fourth-order valence-electron chi connectivity index (χ4n) is 4.54. The van der Waals surface area contributed by atoms with Crippen LogP contribution in [0.3, 0.4) is 0 Å². The number of rotatable bonds is 7. The van der Waals surface area contributed by atoms with E-state index in [2.05, 4.69) is 10.3 Å². The van der Waals surface area contributed by atoms with Crippen LogP contribution < -0.4 is 10.9 Å². The van der Waals surface area contributed by atoms with Crippen LogP contribution in [0.1, 0.15) is 73.5 Å². The average molecular weight is 461 g/mol. The zero-order valence-electron chi connectivity index (χ0n) is 17.1. The minimum atomic E-state index is -3.38. The maximum absolute atomic E-state index is 12.7. The number of H-pyrrole nitrogens is 1. The number of hydrogen-bond donors (Lipinski definition) is 2. The highest BCUT2D eigenvalue weighted by Crippen LogP contribution is 2.41. The van der Waals surface area contributed by atoms with Crippen molar-refractivity contribution in [2.75, 3.05) is 0 Å². The van der Waals surface area contributed by atoms with E-state index in [9.17, 15) is 18.0 Å². The number of sulfone groups is 1. The van der Waals surface area contributed by atoms with E-state index in [1.165, 1.54) is 0 Å². The molecule has 6 nitrogen and oxygen atoms in total. The van der Waals surface area contributed by atoms with Gasteiger partial charge in [0.25, 0.3) is 5.56 Å². The van der Waals surface area contributed by atoms with Crippen LogP contribution in [0.2, 0.25) is 5.02 Å². The molecule has 1 aromatic carbocycles. The van der Waals surface area contributed by atoms with Crippen LogP contribution in [0.4, 0.5) is 0 Å². The maximum Gasteiger partial charge on any atom is 0.251 e. The summed E-state index contributed by atoms with van der Waals surface area (Å²) in [6.07, 6.45) is 7.08. The Labute approximate surface area is 186 Å². The first-order valence-corrected chi connectivity index (χ1v) is 12.8. The SMILES string of the molecule is O=C1CC[C@H](CC(c2ccc(S(=O)(=O)C3CC3)c(Cl)c2)c2c[nH]c(=O)c(C3CC3)c2)N1. The first-order chi connectivity index (χ1) is 14.8. The molecular weight excluding hydrogens is 436 g/mol. The first kappa shape index (κ1) is 20.8. The largest absolute Gasteiger partial charge is 0.353 e. The summed E-state index contributed by atoms with van der Waals surface area (Å²) in [6, 6.07) is 7.17. The van der Waals surface area contributed by atoms with Crippen LogP contribution in [-0.2, 0) is 14.6 Å². The standard InChI is InChI=1S/C23H25ClN2O4S/c24-20-10-14(3-7-21(20)31(29,30)17-5-6-17)18(11-16-4-8-22(27)26-16)15-9-19(13-1-2-13)23(28)25-12-15/h3,7,9-10,12-13,16-18H,1-2,4-6,8,11H2,(H,25,28)(H,26,27)/t16-,18?/m1/s1. The van der Waals surface area contributed by atoms with Crippen LogP contribution in [0.25, 0.3) is 0 Å². The molecule has 164 valence electrons. The molecule has 2 N–H and O–H groups in total. The van der Waals surface area contributed by atoms with Crippen molar-refractivity contribution < 1.29 is 13.2 Å². The Balaban J connectivity index is 1.52. The molecule has 2 aliphatic carbocycles. The fraction of sp³-hybridized carbons (Fsp3) is 0.478. The zero-order valence-corrected chi connectivity index (χ0v) is 18.6. The molecule has 5 rings (SSSR count). The van der Waals surface area contributed by atoms with E-state index in [0.717, 1.165) is 36.0 Å². The molecule has 0 bridgehead atoms. The van der Waals surface area contributed by atoms with Crippen molar-refractivity contribution in [1.82, 2.24) is 10.3 Å². The van der Waals surface area contributed by atoms with Gasteiger partial charge in [-0.05, 0) is 73.8 Å². The Morgan fingerprint density at radius 3 is 2.42 bits per heavy atom. The lowest BCUT2D eigenvalue weighted by Gasteiger charge is -2.23. The van der Waals surface area contributed by atoms with Gasteiger partial charge in [-0.3, -0.25) is 9.59 Å². The second-order valence-electron chi connectivity index (χ2n) is 9.02. The topological polar surface area (TPSA) is 96.1 Å². The Bertz CT molecular complexity index is 1200. The molecule has 1 aromatic heterocycles. The Hall–Kier alpha value is -2.12. The van der Waals surface area contributed by atoms with Gasteiger partial charge in [0, 0.05) is 30.1 Å². The van der Waals surface area contributed by atoms with Crippen LogP contribution in [-0.4, -0.2) is 30.6 Å². The second kappa shape index (κ2) is 7.78. The van der Waals surface area contributed by atoms with E-state index in [0.29, 0.717) is 31.6 Å². The summed E-state index contributed by atoms with van der Waals surface area (Å²) < 4.78 is 25.3. The third-order valence-corrected chi connectivity index (χ3v) is 9.35. The smallest absolute Gasteiger partial charge is 0.251 e. The monoisotopic (exact) mass is 460 g/mol. The highest BCUT2D eigenvalue weighted by molar-refractivity contribution is 7.92. The lowest BCUT2D eigenvalue weighted by molar-refractivity contribution is -0.119. The Morgan fingerprint density at radius 1 is 1.03 bits per heavy atom. The molecule has 1 saturated heterocycles. The number of halogens is 1. The molecule has 1 aliphatic heterocycles. The number of nitrogens with one attached hydrogen (secondary N) is 2. The molecule has 8 heteroatoms. The molecule has 0 spiro atoms. The van der Waals surface area contributed by atoms with Crippen LogP contribution in [0.15, 0.2) is 40.2 Å². The number of amides is 1. The van der Waals surface area contributed by atoms with Crippen molar-refractivity contribution in [3.05, 3.63) is 62.5 Å². The molecule has 3 aliphatic rings. The number of carbonyl (C=O) groups excluding carboxylic acids is 1. The van der Waals surface area contributed by atoms with E-state index >= 15 is 0 Å². The van der Waals surface area contributed by atoms with Crippen molar-refractivity contribution >= 4 is 27.3 Å². The lowest BCUT2D eigenvalue weighted by atomic mass is 9.85. The molecule has 2 atom stereocenters. The first-order valence-electron chi connectivity index (χ1n) is 10.9. The maximum atomic E-state index is 12.7. The number of aromatic amines is 1. The van der Waals surface area contributed by atoms with E-state index in [1.807, 2.05) is 12.1 Å². The highest BCUT2D eigenvalue weighted by atomic mass is 35.5. The Kier molecular flexibility index (Phi) is 5.21. The summed E-state index contributed by atoms with van der Waals surface area (Å²) >= 11 is 6.47. The minimum Gasteiger partial charge on any atom is -0.353 e. The summed E-state index contributed by atoms with van der Waals surface area (Å²) in [7, 11) is -3.38. The van der Waals surface area contributed by atoms with E-state index < -0.39 is 9.84 Å². The lowest BCUT2D eigenvalue weighted by Crippen LogP contribution is -2.27. The summed E-state index contributed by atoms with van der Waals surface area (Å²) in [5.74, 6) is 0.242. The molecule has 1 unspecified atom stereocenters. The van der Waals surface area contributed by atoms with Gasteiger partial charge in [-0.25, -0.2) is 8.42 Å². The van der Waals surface area contributed by atoms with Crippen molar-refractivity contribution in [2.24, 2.45) is 0 Å². The van der Waals surface area contributed by atoms with Crippen LogP contribution >= 0.6 is 11.6 Å². The van der Waals surface area contributed by atoms with Crippen molar-refractivity contribution in [1.29, 1.82) is 0 Å². The molecule has 2 saturated carbocycles. The average Bonchev–Trinajstić information content (AvgIpc) is 3.64. The number of hydrogen-bond acceptors (Lipinski definition) is 4. The van der Waals surface area contributed by atoms with Gasteiger partial charge in [-0.2, -0.15) is 0 Å². The quantitative estimate of drug-likeness (QED) is 0.659. The number of carbonyl (C=O) groups is 1. The summed E-state index contributed by atoms with van der Waals surface area (Å²) in [5.41, 5.74) is 2.59. The molecule has 1 amide bonds. The normalized spacial score (nSPS) is 22.4. The zero-order chi connectivity index (χ0) is 21.8. The predicted molar refractivity (Wildman–Crippen MR) is 118 cm³/mol. The van der Waals surface area contributed by atoms with Gasteiger partial charge >= 0.3 is 0 Å². The third kappa shape index (κ3) is 4.17. The van der Waals surface area contributed by atoms with E-state index in [-0.39, 0.29) is 38.6 Å². The highest BCUT2D eigenvalue weighted by Gasteiger charge is 2.38. The van der Waals surface area contributed by atoms with Gasteiger partial charge in [0.2, 0.25) is 5.91 Å². The van der Waals surface area contributed by atoms with Gasteiger partial charge < -0.3 is 10.3 Å². The third-order valence-electron chi connectivity index (χ3n) is 6.61. The van der Waals surface area contributed by atoms with Gasteiger partial charge in [0.05, 0.1) is 15.2 Å². The summed E-state index contributed by atoms with van der Waals surface area (Å²) in [6.45, 7) is 0. The second-order valence-corrected chi connectivity index (χ2v) is 11.6. The van der Waals surface area contributed by atoms with Gasteiger partial charge in [0.1, 0.15) is 0 Å². The molecule has 3 fully saturated rings. The minimum absolute atomic E-state index is 0.0300. The Morgan fingerprint density at radius 2 is 1.81 bits per heavy atom. The van der Waals surface area contributed by atoms with Gasteiger partial charge in [-0.15, -0.1) is 0 Å². The molecule has 31 heavy (non-hydrogen) atoms. The predicted octanol–water partition coefficient (Wildman–Crippen LogP) is 3.64. The summed E-state index contributed by atoms with van der Waals surface area (Å²) in [5, 5.41) is 2.93. The number of pyridine rings is 1. The van der Waals surface area contributed by atoms with Crippen molar-refractivity contribution in [3.8, 4) is 0 Å². The van der Waals surface area contributed by atoms with Crippen molar-refractivity contribution in [3.63, 3.8) is 0 Å². The van der Waals surface area contributed by atoms with Gasteiger partial charge in [0.15, 0.2) is 9.84 Å². The van der Waals surface area contributed by atoms with E-state index in [4.69, 9.17) is 11.6 Å². The summed E-state index contributed by atoms with van der Waals surface area (Å²) in [4.78, 5) is 27.1. The van der Waals surface area contributed by atoms with Crippen LogP contribution in [0, 0.1) is 0 Å². The fourth-order valence-corrected chi connectivity index (χ4v) is 6.76. The molecule has 2 aromatic rings. The van der Waals surface area contributed by atoms with Crippen molar-refractivity contribution in [2.45, 2.75) is 73.0 Å². The molecule has 0 radical (unpaired) electrons. The van der Waals surface area contributed by atoms with Crippen LogP contribution in [0.5, 0.6) is 0 Å². The number of aromatic nitrogens is 1.